The van der Waals surface area contributed by atoms with Crippen LogP contribution in [-0.2, 0) is 11.0 Å². The van der Waals surface area contributed by atoms with Crippen molar-refractivity contribution in [2.24, 2.45) is 0 Å². The summed E-state index contributed by atoms with van der Waals surface area (Å²) in [5, 5.41) is 3.15. The molecule has 136 valence electrons. The highest BCUT2D eigenvalue weighted by Gasteiger charge is 2.30. The summed E-state index contributed by atoms with van der Waals surface area (Å²) < 4.78 is 43.0. The van der Waals surface area contributed by atoms with Crippen LogP contribution in [0, 0.1) is 11.8 Å². The maximum absolute atomic E-state index is 12.6. The van der Waals surface area contributed by atoms with Crippen LogP contribution in [0.4, 0.5) is 13.2 Å². The van der Waals surface area contributed by atoms with E-state index in [2.05, 4.69) is 17.2 Å². The normalized spacial score (nSPS) is 10.7. The van der Waals surface area contributed by atoms with Crippen molar-refractivity contribution in [2.45, 2.75) is 6.18 Å². The first-order valence-corrected chi connectivity index (χ1v) is 8.02. The minimum Gasteiger partial charge on any atom is -0.484 e. The number of halogens is 5. The number of nitrogens with one attached hydrogen (secondary N) is 1. The lowest BCUT2D eigenvalue weighted by molar-refractivity contribution is -0.137. The van der Waals surface area contributed by atoms with Gasteiger partial charge in [-0.3, -0.25) is 4.79 Å². The topological polar surface area (TPSA) is 38.3 Å². The van der Waals surface area contributed by atoms with Crippen molar-refractivity contribution in [1.29, 1.82) is 0 Å². The molecule has 8 heteroatoms. The van der Waals surface area contributed by atoms with Crippen LogP contribution in [0.15, 0.2) is 42.5 Å². The number of ether oxygens (including phenoxy) is 1. The third kappa shape index (κ3) is 6.17. The second-order valence-electron chi connectivity index (χ2n) is 5.02. The van der Waals surface area contributed by atoms with Crippen LogP contribution in [0.2, 0.25) is 10.0 Å². The zero-order valence-electron chi connectivity index (χ0n) is 13.2. The molecule has 0 aliphatic rings. The van der Waals surface area contributed by atoms with E-state index >= 15 is 0 Å². The van der Waals surface area contributed by atoms with Crippen molar-refractivity contribution >= 4 is 29.1 Å². The molecule has 0 spiro atoms. The molecule has 2 aromatic carbocycles. The number of carbonyl (C=O) groups is 1. The molecular formula is C18H12Cl2F3NO2. The molecule has 26 heavy (non-hydrogen) atoms. The van der Waals surface area contributed by atoms with Crippen LogP contribution < -0.4 is 10.1 Å². The number of hydrogen-bond donors (Lipinski definition) is 1. The summed E-state index contributed by atoms with van der Waals surface area (Å²) in [4.78, 5) is 11.7. The zero-order valence-corrected chi connectivity index (χ0v) is 14.7. The van der Waals surface area contributed by atoms with E-state index in [1.165, 1.54) is 24.3 Å². The van der Waals surface area contributed by atoms with Crippen LogP contribution in [-0.4, -0.2) is 19.1 Å². The summed E-state index contributed by atoms with van der Waals surface area (Å²) >= 11 is 11.6. The van der Waals surface area contributed by atoms with Crippen molar-refractivity contribution in [3.8, 4) is 17.6 Å². The van der Waals surface area contributed by atoms with Gasteiger partial charge in [0.25, 0.3) is 5.91 Å². The third-order valence-electron chi connectivity index (χ3n) is 3.06. The predicted molar refractivity (Wildman–Crippen MR) is 93.3 cm³/mol. The van der Waals surface area contributed by atoms with Gasteiger partial charge in [-0.2, -0.15) is 13.2 Å². The van der Waals surface area contributed by atoms with E-state index in [0.717, 1.165) is 12.1 Å². The Kier molecular flexibility index (Phi) is 6.78. The standard InChI is InChI=1S/C18H12Cl2F3NO2/c19-15-7-6-14(10-16(15)20)26-11-17(25)24-8-2-4-12-3-1-5-13(9-12)18(21,22)23/h1,3,5-7,9-10H,8,11H2,(H,24,25). The van der Waals surface area contributed by atoms with E-state index in [1.807, 2.05) is 0 Å². The Morgan fingerprint density at radius 3 is 2.58 bits per heavy atom. The first-order valence-electron chi connectivity index (χ1n) is 7.26. The summed E-state index contributed by atoms with van der Waals surface area (Å²) in [6.07, 6.45) is -4.42. The van der Waals surface area contributed by atoms with Crippen molar-refractivity contribution in [3.63, 3.8) is 0 Å². The number of rotatable bonds is 4. The molecule has 0 aromatic heterocycles. The molecule has 0 bridgehead atoms. The average molecular weight is 402 g/mol. The Labute approximate surface area is 158 Å². The van der Waals surface area contributed by atoms with Gasteiger partial charge in [0.1, 0.15) is 5.75 Å². The van der Waals surface area contributed by atoms with E-state index in [-0.39, 0.29) is 18.7 Å². The highest BCUT2D eigenvalue weighted by molar-refractivity contribution is 6.42. The highest BCUT2D eigenvalue weighted by Crippen LogP contribution is 2.29. The lowest BCUT2D eigenvalue weighted by atomic mass is 10.1. The van der Waals surface area contributed by atoms with Gasteiger partial charge in [0.2, 0.25) is 0 Å². The van der Waals surface area contributed by atoms with Crippen molar-refractivity contribution < 1.29 is 22.7 Å². The van der Waals surface area contributed by atoms with Crippen LogP contribution in [0.5, 0.6) is 5.75 Å². The van der Waals surface area contributed by atoms with Crippen LogP contribution in [0.3, 0.4) is 0 Å². The molecule has 0 fully saturated rings. The highest BCUT2D eigenvalue weighted by atomic mass is 35.5. The van der Waals surface area contributed by atoms with Gasteiger partial charge < -0.3 is 10.1 Å². The quantitative estimate of drug-likeness (QED) is 0.762. The second kappa shape index (κ2) is 8.84. The fraction of sp³-hybridized carbons (Fsp3) is 0.167. The molecule has 0 atom stereocenters. The molecule has 0 saturated carbocycles. The van der Waals surface area contributed by atoms with E-state index in [9.17, 15) is 18.0 Å². The van der Waals surface area contributed by atoms with E-state index < -0.39 is 17.6 Å². The molecule has 1 amide bonds. The van der Waals surface area contributed by atoms with Crippen molar-refractivity contribution in [2.75, 3.05) is 13.2 Å². The Hall–Kier alpha value is -2.36. The largest absolute Gasteiger partial charge is 0.484 e. The molecule has 0 aliphatic carbocycles. The first-order chi connectivity index (χ1) is 12.3. The maximum atomic E-state index is 12.6. The number of hydrogen-bond acceptors (Lipinski definition) is 2. The molecule has 0 radical (unpaired) electrons. The van der Waals surface area contributed by atoms with Gasteiger partial charge >= 0.3 is 6.18 Å². The molecule has 3 nitrogen and oxygen atoms in total. The van der Waals surface area contributed by atoms with Gasteiger partial charge in [0.05, 0.1) is 22.2 Å². The van der Waals surface area contributed by atoms with Crippen molar-refractivity contribution in [1.82, 2.24) is 5.32 Å². The molecule has 2 rings (SSSR count). The lowest BCUT2D eigenvalue weighted by Gasteiger charge is -2.06. The lowest BCUT2D eigenvalue weighted by Crippen LogP contribution is -2.29. The van der Waals surface area contributed by atoms with Crippen molar-refractivity contribution in [3.05, 3.63) is 63.6 Å². The molecule has 0 saturated heterocycles. The molecule has 1 N–H and O–H groups in total. The van der Waals surface area contributed by atoms with Crippen LogP contribution in [0.1, 0.15) is 11.1 Å². The Morgan fingerprint density at radius 2 is 1.88 bits per heavy atom. The molecule has 0 unspecified atom stereocenters. The Balaban J connectivity index is 1.82. The maximum Gasteiger partial charge on any atom is 0.416 e. The van der Waals surface area contributed by atoms with Crippen LogP contribution >= 0.6 is 23.2 Å². The number of benzene rings is 2. The van der Waals surface area contributed by atoms with Gasteiger partial charge in [-0.1, -0.05) is 41.1 Å². The molecule has 0 heterocycles. The zero-order chi connectivity index (χ0) is 19.2. The predicted octanol–water partition coefficient (Wildman–Crippen LogP) is 4.56. The first kappa shape index (κ1) is 20.0. The molecule has 0 aliphatic heterocycles. The summed E-state index contributed by atoms with van der Waals surface area (Å²) in [6, 6.07) is 9.22. The van der Waals surface area contributed by atoms with Gasteiger partial charge in [-0.15, -0.1) is 0 Å². The van der Waals surface area contributed by atoms with Gasteiger partial charge in [0.15, 0.2) is 6.61 Å². The van der Waals surface area contributed by atoms with E-state index in [1.54, 1.807) is 6.07 Å². The smallest absolute Gasteiger partial charge is 0.416 e. The van der Waals surface area contributed by atoms with Gasteiger partial charge in [-0.05, 0) is 30.3 Å². The summed E-state index contributed by atoms with van der Waals surface area (Å²) in [5.74, 6) is 5.09. The fourth-order valence-corrected chi connectivity index (χ4v) is 2.12. The van der Waals surface area contributed by atoms with Gasteiger partial charge in [0, 0.05) is 11.6 Å². The minimum absolute atomic E-state index is 0.0280. The number of carbonyl (C=O) groups excluding carboxylic acids is 1. The SMILES string of the molecule is O=C(COc1ccc(Cl)c(Cl)c1)NCC#Cc1cccc(C(F)(F)F)c1. The second-order valence-corrected chi connectivity index (χ2v) is 5.84. The van der Waals surface area contributed by atoms with Gasteiger partial charge in [-0.25, -0.2) is 0 Å². The average Bonchev–Trinajstić information content (AvgIpc) is 2.59. The van der Waals surface area contributed by atoms with E-state index in [0.29, 0.717) is 15.8 Å². The fourth-order valence-electron chi connectivity index (χ4n) is 1.83. The van der Waals surface area contributed by atoms with E-state index in [4.69, 9.17) is 27.9 Å². The monoisotopic (exact) mass is 401 g/mol. The Bertz CT molecular complexity index is 857. The summed E-state index contributed by atoms with van der Waals surface area (Å²) in [5.41, 5.74) is -0.565. The minimum atomic E-state index is -4.42. The summed E-state index contributed by atoms with van der Waals surface area (Å²) in [6.45, 7) is -0.289. The van der Waals surface area contributed by atoms with Crippen LogP contribution in [0.25, 0.3) is 0 Å². The summed E-state index contributed by atoms with van der Waals surface area (Å²) in [7, 11) is 0. The molecule has 2 aromatic rings. The number of amides is 1. The third-order valence-corrected chi connectivity index (χ3v) is 3.80. The molecular weight excluding hydrogens is 390 g/mol. The Morgan fingerprint density at radius 1 is 1.12 bits per heavy atom. The number of alkyl halides is 3.